The van der Waals surface area contributed by atoms with Crippen LogP contribution in [0.15, 0.2) is 0 Å². The predicted molar refractivity (Wildman–Crippen MR) is 280 cm³/mol. The fourth-order valence-electron chi connectivity index (χ4n) is 10.2. The van der Waals surface area contributed by atoms with Crippen LogP contribution in [0.25, 0.3) is 0 Å². The second-order valence-corrected chi connectivity index (χ2v) is 20.7. The van der Waals surface area contributed by atoms with Gasteiger partial charge in [0.05, 0.1) is 10.8 Å². The normalized spacial score (nSPS) is 14.2. The Labute approximate surface area is 409 Å². The summed E-state index contributed by atoms with van der Waals surface area (Å²) in [7, 11) is 0. The van der Waals surface area contributed by atoms with Crippen LogP contribution in [-0.4, -0.2) is 89.6 Å². The van der Waals surface area contributed by atoms with Crippen molar-refractivity contribution >= 4 is 18.1 Å². The highest BCUT2D eigenvalue weighted by atomic mass is 16.7. The van der Waals surface area contributed by atoms with Crippen molar-refractivity contribution in [2.75, 3.05) is 39.3 Å². The summed E-state index contributed by atoms with van der Waals surface area (Å²) in [6.07, 6.45) is 37.0. The number of ether oxygens (including phenoxy) is 2. The van der Waals surface area contributed by atoms with E-state index in [2.05, 4.69) is 65.2 Å². The molecule has 0 aliphatic heterocycles. The lowest BCUT2D eigenvalue weighted by atomic mass is 9.74. The molecule has 0 saturated carbocycles. The third-order valence-corrected chi connectivity index (χ3v) is 15.0. The van der Waals surface area contributed by atoms with Crippen molar-refractivity contribution < 1.29 is 34.1 Å². The largest absolute Gasteiger partial charge is 0.508 e. The Bertz CT molecular complexity index is 1130. The Kier molecular flexibility index (Phi) is 41.9. The van der Waals surface area contributed by atoms with E-state index in [-0.39, 0.29) is 6.10 Å². The third-order valence-electron chi connectivity index (χ3n) is 15.0. The molecule has 0 aromatic heterocycles. The first-order valence-electron chi connectivity index (χ1n) is 28.7. The average molecular weight is 938 g/mol. The van der Waals surface area contributed by atoms with E-state index in [0.29, 0.717) is 25.6 Å². The first-order valence-corrected chi connectivity index (χ1v) is 28.7. The van der Waals surface area contributed by atoms with Gasteiger partial charge in [0, 0.05) is 25.7 Å². The summed E-state index contributed by atoms with van der Waals surface area (Å²) in [6.45, 7) is 22.5. The molecule has 0 radical (unpaired) electrons. The van der Waals surface area contributed by atoms with Crippen molar-refractivity contribution in [3.63, 3.8) is 0 Å². The quantitative estimate of drug-likeness (QED) is 0.0454. The summed E-state index contributed by atoms with van der Waals surface area (Å²) in [5.74, 6) is -1.18. The van der Waals surface area contributed by atoms with E-state index < -0.39 is 28.9 Å². The zero-order valence-electron chi connectivity index (χ0n) is 45.2. The number of carboxylic acid groups (broad SMARTS) is 2. The SMILES string of the molecule is CCCCCCCCC(CCCCCC)(CCCCCCCCCCCCCC(CCCCCC)(CCCCC(CCC)OC(=O)OCCN(CCN(CC)CC)C(C)C)C(=O)O)C(=O)O. The number of unbranched alkanes of at least 4 members (excludes halogenated alkanes) is 22. The van der Waals surface area contributed by atoms with Gasteiger partial charge < -0.3 is 24.6 Å². The molecular weight excluding hydrogens is 825 g/mol. The van der Waals surface area contributed by atoms with Crippen LogP contribution in [0.5, 0.6) is 0 Å². The minimum atomic E-state index is -0.672. The molecule has 0 aromatic carbocycles. The lowest BCUT2D eigenvalue weighted by Crippen LogP contribution is -2.40. The Morgan fingerprint density at radius 2 is 0.788 bits per heavy atom. The molecule has 0 aromatic rings. The van der Waals surface area contributed by atoms with Crippen molar-refractivity contribution in [3.8, 4) is 0 Å². The van der Waals surface area contributed by atoms with Crippen molar-refractivity contribution in [3.05, 3.63) is 0 Å². The van der Waals surface area contributed by atoms with E-state index in [1.807, 2.05) is 0 Å². The minimum Gasteiger partial charge on any atom is -0.481 e. The fourth-order valence-corrected chi connectivity index (χ4v) is 10.2. The molecule has 0 bridgehead atoms. The summed E-state index contributed by atoms with van der Waals surface area (Å²) in [4.78, 5) is 43.2. The number of nitrogens with zero attached hydrogens (tertiary/aromatic N) is 2. The minimum absolute atomic E-state index is 0.205. The van der Waals surface area contributed by atoms with Gasteiger partial charge in [-0.1, -0.05) is 215 Å². The lowest BCUT2D eigenvalue weighted by molar-refractivity contribution is -0.151. The Morgan fingerprint density at radius 1 is 0.439 bits per heavy atom. The van der Waals surface area contributed by atoms with E-state index in [0.717, 1.165) is 167 Å². The fraction of sp³-hybridized carbons (Fsp3) is 0.947. The standard InChI is InChI=1S/C57H112N2O7/c1-9-15-18-21-29-35-43-56(53(60)61,41-33-19-16-10-2)44-36-30-27-25-23-22-24-26-28-31-37-45-57(54(62)63,42-34-20-17-11-3)46-38-32-40-52(39-12-4)66-55(64)65-50-49-59(51(7)8)48-47-58(13-5)14-6/h51-52H,9-50H2,1-8H3,(H,60,61)(H,62,63). The summed E-state index contributed by atoms with van der Waals surface area (Å²) < 4.78 is 11.4. The van der Waals surface area contributed by atoms with E-state index in [1.165, 1.54) is 83.5 Å². The van der Waals surface area contributed by atoms with Gasteiger partial charge in [-0.05, 0) is 84.7 Å². The molecule has 0 aliphatic rings. The highest BCUT2D eigenvalue weighted by molar-refractivity contribution is 5.75. The molecule has 3 atom stereocenters. The second-order valence-electron chi connectivity index (χ2n) is 20.7. The summed E-state index contributed by atoms with van der Waals surface area (Å²) in [5.41, 5.74) is -1.19. The maximum Gasteiger partial charge on any atom is 0.508 e. The van der Waals surface area contributed by atoms with Crippen LogP contribution < -0.4 is 0 Å². The molecule has 0 amide bonds. The van der Waals surface area contributed by atoms with Gasteiger partial charge in [-0.25, -0.2) is 4.79 Å². The van der Waals surface area contributed by atoms with Crippen molar-refractivity contribution in [1.29, 1.82) is 0 Å². The van der Waals surface area contributed by atoms with Gasteiger partial charge in [-0.15, -0.1) is 0 Å². The van der Waals surface area contributed by atoms with Crippen molar-refractivity contribution in [1.82, 2.24) is 9.80 Å². The van der Waals surface area contributed by atoms with Crippen LogP contribution in [0, 0.1) is 10.8 Å². The number of carbonyl (C=O) groups excluding carboxylic acids is 1. The highest BCUT2D eigenvalue weighted by Gasteiger charge is 2.38. The molecule has 0 heterocycles. The maximum absolute atomic E-state index is 13.0. The molecule has 0 aliphatic carbocycles. The first-order chi connectivity index (χ1) is 31.9. The van der Waals surface area contributed by atoms with E-state index in [1.54, 1.807) is 0 Å². The van der Waals surface area contributed by atoms with Gasteiger partial charge in [0.1, 0.15) is 12.7 Å². The number of carboxylic acids is 2. The Morgan fingerprint density at radius 3 is 1.12 bits per heavy atom. The first kappa shape index (κ1) is 64.1. The lowest BCUT2D eigenvalue weighted by Gasteiger charge is -2.30. The number of carbonyl (C=O) groups is 3. The summed E-state index contributed by atoms with van der Waals surface area (Å²) >= 11 is 0. The Balaban J connectivity index is 4.80. The van der Waals surface area contributed by atoms with Crippen LogP contribution in [0.4, 0.5) is 4.79 Å². The Hall–Kier alpha value is -1.87. The predicted octanol–water partition coefficient (Wildman–Crippen LogP) is 16.8. The van der Waals surface area contributed by atoms with Crippen LogP contribution in [-0.2, 0) is 19.1 Å². The highest BCUT2D eigenvalue weighted by Crippen LogP contribution is 2.39. The van der Waals surface area contributed by atoms with E-state index in [4.69, 9.17) is 9.47 Å². The topological polar surface area (TPSA) is 117 Å². The third kappa shape index (κ3) is 32.0. The van der Waals surface area contributed by atoms with Gasteiger partial charge in [0.2, 0.25) is 0 Å². The average Bonchev–Trinajstić information content (AvgIpc) is 3.29. The number of hydrogen-bond acceptors (Lipinski definition) is 7. The number of rotatable bonds is 50. The van der Waals surface area contributed by atoms with Crippen LogP contribution in [0.2, 0.25) is 0 Å². The smallest absolute Gasteiger partial charge is 0.481 e. The molecule has 0 fully saturated rings. The van der Waals surface area contributed by atoms with Gasteiger partial charge >= 0.3 is 18.1 Å². The van der Waals surface area contributed by atoms with Crippen LogP contribution in [0.1, 0.15) is 287 Å². The van der Waals surface area contributed by atoms with Crippen LogP contribution in [0.3, 0.4) is 0 Å². The van der Waals surface area contributed by atoms with Crippen molar-refractivity contribution in [2.24, 2.45) is 10.8 Å². The van der Waals surface area contributed by atoms with E-state index in [9.17, 15) is 24.6 Å². The summed E-state index contributed by atoms with van der Waals surface area (Å²) in [6, 6.07) is 0.367. The molecule has 66 heavy (non-hydrogen) atoms. The van der Waals surface area contributed by atoms with E-state index >= 15 is 0 Å². The molecule has 0 spiro atoms. The zero-order chi connectivity index (χ0) is 49.2. The molecule has 2 N–H and O–H groups in total. The molecule has 9 heteroatoms. The molecule has 0 rings (SSSR count). The second kappa shape index (κ2) is 43.2. The van der Waals surface area contributed by atoms with Crippen molar-refractivity contribution in [2.45, 2.75) is 299 Å². The molecular formula is C57H112N2O7. The number of hydrogen-bond donors (Lipinski definition) is 2. The van der Waals surface area contributed by atoms with Gasteiger partial charge in [0.15, 0.2) is 0 Å². The summed E-state index contributed by atoms with van der Waals surface area (Å²) in [5, 5.41) is 21.1. The molecule has 3 unspecified atom stereocenters. The molecule has 392 valence electrons. The van der Waals surface area contributed by atoms with Gasteiger partial charge in [-0.2, -0.15) is 0 Å². The maximum atomic E-state index is 13.0. The number of aliphatic carboxylic acids is 2. The van der Waals surface area contributed by atoms with Gasteiger partial charge in [0.25, 0.3) is 0 Å². The number of likely N-dealkylation sites (N-methyl/N-ethyl adjacent to an activating group) is 1. The monoisotopic (exact) mass is 937 g/mol. The molecule has 9 nitrogen and oxygen atoms in total. The zero-order valence-corrected chi connectivity index (χ0v) is 45.2. The van der Waals surface area contributed by atoms with Crippen LogP contribution >= 0.6 is 0 Å². The van der Waals surface area contributed by atoms with Gasteiger partial charge in [-0.3, -0.25) is 14.5 Å². The molecule has 0 saturated heterocycles.